The van der Waals surface area contributed by atoms with Gasteiger partial charge in [0.2, 0.25) is 0 Å². The van der Waals surface area contributed by atoms with Crippen LogP contribution in [0.5, 0.6) is 5.75 Å². The van der Waals surface area contributed by atoms with Crippen molar-refractivity contribution in [1.82, 2.24) is 19.6 Å². The van der Waals surface area contributed by atoms with Gasteiger partial charge in [0, 0.05) is 6.20 Å². The number of ether oxygens (including phenoxy) is 2. The average Bonchev–Trinajstić information content (AvgIpc) is 3.10. The highest BCUT2D eigenvalue weighted by Crippen LogP contribution is 2.21. The van der Waals surface area contributed by atoms with E-state index < -0.39 is 5.97 Å². The second-order valence-electron chi connectivity index (χ2n) is 5.79. The maximum Gasteiger partial charge on any atom is 0.341 e. The Labute approximate surface area is 149 Å². The number of carbonyl (C=O) groups is 1. The first-order chi connectivity index (χ1) is 12.7. The van der Waals surface area contributed by atoms with Crippen molar-refractivity contribution in [2.45, 2.75) is 13.5 Å². The standard InChI is InChI=1S/C19H16N4O3/c1-12-16(18(24)25-2)10-20-19-21-17(22-23(12)19)11-26-15-8-7-13-5-3-4-6-14(13)9-15/h3-10H,11H2,1-2H3. The predicted molar refractivity (Wildman–Crippen MR) is 95.1 cm³/mol. The van der Waals surface area contributed by atoms with Crippen LogP contribution in [0.15, 0.2) is 48.7 Å². The molecule has 0 aliphatic carbocycles. The fourth-order valence-electron chi connectivity index (χ4n) is 2.76. The number of esters is 1. The second kappa shape index (κ2) is 6.44. The number of methoxy groups -OCH3 is 1. The summed E-state index contributed by atoms with van der Waals surface area (Å²) < 4.78 is 12.1. The smallest absolute Gasteiger partial charge is 0.341 e. The van der Waals surface area contributed by atoms with Crippen molar-refractivity contribution in [2.24, 2.45) is 0 Å². The van der Waals surface area contributed by atoms with Gasteiger partial charge in [-0.1, -0.05) is 30.3 Å². The molecule has 0 aliphatic heterocycles. The molecule has 26 heavy (non-hydrogen) atoms. The van der Waals surface area contributed by atoms with Gasteiger partial charge in [-0.05, 0) is 29.8 Å². The van der Waals surface area contributed by atoms with Gasteiger partial charge in [0.15, 0.2) is 5.82 Å². The van der Waals surface area contributed by atoms with E-state index in [9.17, 15) is 4.79 Å². The number of nitrogens with zero attached hydrogens (tertiary/aromatic N) is 4. The number of hydrogen-bond acceptors (Lipinski definition) is 6. The summed E-state index contributed by atoms with van der Waals surface area (Å²) in [5.74, 6) is 1.17. The highest BCUT2D eigenvalue weighted by atomic mass is 16.5. The molecule has 0 saturated carbocycles. The zero-order valence-electron chi connectivity index (χ0n) is 14.3. The van der Waals surface area contributed by atoms with Gasteiger partial charge in [0.25, 0.3) is 5.78 Å². The number of hydrogen-bond donors (Lipinski definition) is 0. The summed E-state index contributed by atoms with van der Waals surface area (Å²) >= 11 is 0. The number of aromatic nitrogens is 4. The molecule has 0 bridgehead atoms. The van der Waals surface area contributed by atoms with Crippen molar-refractivity contribution in [1.29, 1.82) is 0 Å². The van der Waals surface area contributed by atoms with Gasteiger partial charge in [-0.3, -0.25) is 0 Å². The normalized spacial score (nSPS) is 11.0. The number of benzene rings is 2. The molecule has 0 amide bonds. The van der Waals surface area contributed by atoms with E-state index in [0.29, 0.717) is 22.9 Å². The van der Waals surface area contributed by atoms with Crippen molar-refractivity contribution >= 4 is 22.5 Å². The zero-order valence-corrected chi connectivity index (χ0v) is 14.3. The van der Waals surface area contributed by atoms with Gasteiger partial charge in [-0.2, -0.15) is 4.98 Å². The third-order valence-corrected chi connectivity index (χ3v) is 4.14. The second-order valence-corrected chi connectivity index (χ2v) is 5.79. The van der Waals surface area contributed by atoms with Crippen molar-refractivity contribution < 1.29 is 14.3 Å². The molecular weight excluding hydrogens is 332 g/mol. The lowest BCUT2D eigenvalue weighted by atomic mass is 10.1. The first kappa shape index (κ1) is 16.0. The minimum atomic E-state index is -0.457. The monoisotopic (exact) mass is 348 g/mol. The Morgan fingerprint density at radius 3 is 2.77 bits per heavy atom. The number of aryl methyl sites for hydroxylation is 1. The van der Waals surface area contributed by atoms with Crippen LogP contribution in [0.25, 0.3) is 16.6 Å². The van der Waals surface area contributed by atoms with Gasteiger partial charge >= 0.3 is 5.97 Å². The van der Waals surface area contributed by atoms with Gasteiger partial charge < -0.3 is 9.47 Å². The highest BCUT2D eigenvalue weighted by Gasteiger charge is 2.15. The number of fused-ring (bicyclic) bond motifs is 2. The minimum Gasteiger partial charge on any atom is -0.486 e. The van der Waals surface area contributed by atoms with E-state index in [1.54, 1.807) is 6.92 Å². The van der Waals surface area contributed by atoms with Crippen molar-refractivity contribution in [2.75, 3.05) is 7.11 Å². The summed E-state index contributed by atoms with van der Waals surface area (Å²) in [4.78, 5) is 20.3. The summed E-state index contributed by atoms with van der Waals surface area (Å²) in [7, 11) is 1.33. The number of rotatable bonds is 4. The van der Waals surface area contributed by atoms with Gasteiger partial charge in [0.05, 0.1) is 18.4 Å². The van der Waals surface area contributed by atoms with Crippen LogP contribution < -0.4 is 4.74 Å². The molecule has 0 atom stereocenters. The first-order valence-electron chi connectivity index (χ1n) is 8.07. The molecule has 7 heteroatoms. The van der Waals surface area contributed by atoms with Crippen LogP contribution in [0.2, 0.25) is 0 Å². The van der Waals surface area contributed by atoms with Crippen LogP contribution in [-0.2, 0) is 11.3 Å². The molecule has 0 unspecified atom stereocenters. The van der Waals surface area contributed by atoms with E-state index in [2.05, 4.69) is 21.1 Å². The molecule has 7 nitrogen and oxygen atoms in total. The molecule has 2 aromatic carbocycles. The van der Waals surface area contributed by atoms with Crippen LogP contribution >= 0.6 is 0 Å². The van der Waals surface area contributed by atoms with Crippen LogP contribution in [-0.4, -0.2) is 32.7 Å². The Morgan fingerprint density at radius 2 is 1.96 bits per heavy atom. The number of carbonyl (C=O) groups excluding carboxylic acids is 1. The summed E-state index contributed by atoms with van der Waals surface area (Å²) in [6.45, 7) is 1.97. The van der Waals surface area contributed by atoms with Crippen molar-refractivity contribution in [3.8, 4) is 5.75 Å². The van der Waals surface area contributed by atoms with E-state index in [0.717, 1.165) is 16.5 Å². The molecule has 130 valence electrons. The highest BCUT2D eigenvalue weighted by molar-refractivity contribution is 5.90. The maximum atomic E-state index is 11.8. The molecule has 0 saturated heterocycles. The fourth-order valence-corrected chi connectivity index (χ4v) is 2.76. The molecule has 0 N–H and O–H groups in total. The van der Waals surface area contributed by atoms with Gasteiger partial charge in [0.1, 0.15) is 12.4 Å². The third kappa shape index (κ3) is 2.83. The Balaban J connectivity index is 1.58. The average molecular weight is 348 g/mol. The Kier molecular flexibility index (Phi) is 3.96. The SMILES string of the molecule is COC(=O)c1cnc2nc(COc3ccc4ccccc4c3)nn2c1C. The van der Waals surface area contributed by atoms with Crippen LogP contribution in [0.4, 0.5) is 0 Å². The zero-order chi connectivity index (χ0) is 18.1. The van der Waals surface area contributed by atoms with E-state index in [4.69, 9.17) is 9.47 Å². The molecule has 2 heterocycles. The lowest BCUT2D eigenvalue weighted by Crippen LogP contribution is -2.09. The summed E-state index contributed by atoms with van der Waals surface area (Å²) in [5, 5.41) is 6.64. The molecule has 0 radical (unpaired) electrons. The third-order valence-electron chi connectivity index (χ3n) is 4.14. The molecule has 0 aliphatic rings. The summed E-state index contributed by atoms with van der Waals surface area (Å²) in [6, 6.07) is 14.0. The first-order valence-corrected chi connectivity index (χ1v) is 8.07. The van der Waals surface area contributed by atoms with Crippen molar-refractivity contribution in [3.63, 3.8) is 0 Å². The predicted octanol–water partition coefficient (Wildman–Crippen LogP) is 2.95. The topological polar surface area (TPSA) is 78.6 Å². The molecule has 4 aromatic rings. The summed E-state index contributed by atoms with van der Waals surface area (Å²) in [5.41, 5.74) is 0.971. The molecule has 4 rings (SSSR count). The van der Waals surface area contributed by atoms with E-state index >= 15 is 0 Å². The molecule has 0 spiro atoms. The van der Waals surface area contributed by atoms with Crippen LogP contribution in [0.3, 0.4) is 0 Å². The largest absolute Gasteiger partial charge is 0.486 e. The quantitative estimate of drug-likeness (QED) is 0.528. The molecule has 2 aromatic heterocycles. The van der Waals surface area contributed by atoms with Gasteiger partial charge in [-0.15, -0.1) is 5.10 Å². The van der Waals surface area contributed by atoms with E-state index in [1.165, 1.54) is 17.8 Å². The Bertz CT molecular complexity index is 1120. The van der Waals surface area contributed by atoms with E-state index in [-0.39, 0.29) is 6.61 Å². The lowest BCUT2D eigenvalue weighted by molar-refractivity contribution is 0.0598. The Hall–Kier alpha value is -3.48. The lowest BCUT2D eigenvalue weighted by Gasteiger charge is -2.05. The fraction of sp³-hybridized carbons (Fsp3) is 0.158. The van der Waals surface area contributed by atoms with E-state index in [1.807, 2.05) is 36.4 Å². The molecular formula is C19H16N4O3. The van der Waals surface area contributed by atoms with Gasteiger partial charge in [-0.25, -0.2) is 14.3 Å². The summed E-state index contributed by atoms with van der Waals surface area (Å²) in [6.07, 6.45) is 1.44. The van der Waals surface area contributed by atoms with Crippen molar-refractivity contribution in [3.05, 3.63) is 65.7 Å². The Morgan fingerprint density at radius 1 is 1.15 bits per heavy atom. The minimum absolute atomic E-state index is 0.203. The maximum absolute atomic E-state index is 11.8. The molecule has 0 fully saturated rings. The van der Waals surface area contributed by atoms with Crippen LogP contribution in [0.1, 0.15) is 21.9 Å². The van der Waals surface area contributed by atoms with Crippen LogP contribution in [0, 0.1) is 6.92 Å².